The van der Waals surface area contributed by atoms with Gasteiger partial charge in [-0.3, -0.25) is 9.59 Å². The quantitative estimate of drug-likeness (QED) is 0.362. The van der Waals surface area contributed by atoms with Crippen LogP contribution in [0.3, 0.4) is 0 Å². The van der Waals surface area contributed by atoms with Crippen molar-refractivity contribution < 1.29 is 42.8 Å². The molecule has 1 saturated heterocycles. The smallest absolute Gasteiger partial charge is 0.193 e. The highest BCUT2D eigenvalue weighted by Gasteiger charge is 2.80. The molecule has 0 bridgehead atoms. The molecule has 5 aliphatic rings. The van der Waals surface area contributed by atoms with Crippen LogP contribution in [-0.4, -0.2) is 58.0 Å². The van der Waals surface area contributed by atoms with E-state index in [0.717, 1.165) is 12.5 Å². The molecule has 250 valence electrons. The standard InChI is InChI=1S/C38H42F2O7/c1-21(2)15-22-5-9-25(10-6-22)45-26-11-7-23(8-12-26)34-46-33-18-27-28-17-30(39)29-16-24(42)13-14-35(29,3)37(28,40)31(43)19-36(27,4)38(33,47-34)32(44)20-41/h5-14,16,21,27-28,30-31,33-34,41,43H,15,17-20H2,1-4H3/t27-,28-,30-,31-,33+,34?,35-,36-,37-,38+/m0/s1. The molecule has 2 aromatic carbocycles. The molecule has 1 unspecified atom stereocenters. The number of carbonyl (C=O) groups is 2. The lowest BCUT2D eigenvalue weighted by molar-refractivity contribution is -0.235. The summed E-state index contributed by atoms with van der Waals surface area (Å²) < 4.78 is 52.4. The monoisotopic (exact) mass is 648 g/mol. The molecule has 3 saturated carbocycles. The number of allylic oxidation sites excluding steroid dienone is 4. The van der Waals surface area contributed by atoms with Gasteiger partial charge in [-0.2, -0.15) is 0 Å². The molecule has 9 heteroatoms. The first-order chi connectivity index (χ1) is 22.3. The fourth-order valence-electron chi connectivity index (χ4n) is 9.71. The van der Waals surface area contributed by atoms with Crippen molar-refractivity contribution in [3.05, 3.63) is 83.5 Å². The molecule has 0 radical (unpaired) electrons. The third-order valence-corrected chi connectivity index (χ3v) is 11.9. The number of Topliss-reactive ketones (excluding diaryl/α,β-unsaturated/α-hetero) is 1. The van der Waals surface area contributed by atoms with Crippen LogP contribution in [0, 0.1) is 28.6 Å². The van der Waals surface area contributed by atoms with Crippen molar-refractivity contribution in [3.63, 3.8) is 0 Å². The number of benzene rings is 2. The molecule has 10 atom stereocenters. The van der Waals surface area contributed by atoms with Crippen molar-refractivity contribution in [1.82, 2.24) is 0 Å². The molecular weight excluding hydrogens is 606 g/mol. The van der Waals surface area contributed by atoms with E-state index in [4.69, 9.17) is 14.2 Å². The van der Waals surface area contributed by atoms with Crippen LogP contribution in [0.25, 0.3) is 0 Å². The molecule has 1 heterocycles. The Bertz CT molecular complexity index is 1640. The summed E-state index contributed by atoms with van der Waals surface area (Å²) in [5.74, 6) is -0.778. The van der Waals surface area contributed by atoms with E-state index in [2.05, 4.69) is 13.8 Å². The second kappa shape index (κ2) is 11.2. The zero-order valence-corrected chi connectivity index (χ0v) is 27.1. The molecule has 4 aliphatic carbocycles. The highest BCUT2D eigenvalue weighted by atomic mass is 19.1. The van der Waals surface area contributed by atoms with Gasteiger partial charge in [-0.25, -0.2) is 8.78 Å². The zero-order chi connectivity index (χ0) is 33.5. The van der Waals surface area contributed by atoms with E-state index in [-0.39, 0.29) is 24.8 Å². The van der Waals surface area contributed by atoms with Gasteiger partial charge in [-0.05, 0) is 92.0 Å². The van der Waals surface area contributed by atoms with E-state index in [9.17, 15) is 19.8 Å². The third-order valence-electron chi connectivity index (χ3n) is 11.9. The molecule has 7 nitrogen and oxygen atoms in total. The van der Waals surface area contributed by atoms with Crippen molar-refractivity contribution in [1.29, 1.82) is 0 Å². The van der Waals surface area contributed by atoms with Gasteiger partial charge in [0.1, 0.15) is 24.3 Å². The lowest BCUT2D eigenvalue weighted by Gasteiger charge is -2.63. The number of rotatable bonds is 7. The summed E-state index contributed by atoms with van der Waals surface area (Å²) in [5, 5.41) is 21.9. The van der Waals surface area contributed by atoms with Gasteiger partial charge in [-0.15, -0.1) is 0 Å². The summed E-state index contributed by atoms with van der Waals surface area (Å²) in [5.41, 5.74) is -4.81. The van der Waals surface area contributed by atoms with E-state index in [0.29, 0.717) is 23.0 Å². The number of carbonyl (C=O) groups excluding carboxylic acids is 2. The summed E-state index contributed by atoms with van der Waals surface area (Å²) >= 11 is 0. The van der Waals surface area contributed by atoms with Crippen LogP contribution >= 0.6 is 0 Å². The number of aliphatic hydroxyl groups is 2. The van der Waals surface area contributed by atoms with Gasteiger partial charge in [0.2, 0.25) is 0 Å². The summed E-state index contributed by atoms with van der Waals surface area (Å²) in [4.78, 5) is 25.9. The predicted molar refractivity (Wildman–Crippen MR) is 169 cm³/mol. The minimum atomic E-state index is -2.30. The number of hydrogen-bond donors (Lipinski definition) is 2. The molecule has 0 amide bonds. The summed E-state index contributed by atoms with van der Waals surface area (Å²) in [6, 6.07) is 15.1. The SMILES string of the molecule is CC(C)Cc1ccc(Oc2ccc(C3O[C@@H]4C[C@H]5[C@@H]6C[C@H](F)C7=CC(=O)C=C[C@]7(C)[C@@]6(F)[C@@H](O)C[C@]5(C)[C@]4(C(=O)CO)O3)cc2)cc1. The second-order valence-corrected chi connectivity index (χ2v) is 14.9. The predicted octanol–water partition coefficient (Wildman–Crippen LogP) is 6.32. The van der Waals surface area contributed by atoms with Gasteiger partial charge in [0.05, 0.1) is 12.2 Å². The third kappa shape index (κ3) is 4.56. The molecule has 2 aromatic rings. The second-order valence-electron chi connectivity index (χ2n) is 14.9. The average Bonchev–Trinajstić information content (AvgIpc) is 3.53. The first-order valence-corrected chi connectivity index (χ1v) is 16.6. The molecule has 1 aliphatic heterocycles. The van der Waals surface area contributed by atoms with Crippen LogP contribution in [0.2, 0.25) is 0 Å². The summed E-state index contributed by atoms with van der Waals surface area (Å²) in [6.45, 7) is 6.82. The van der Waals surface area contributed by atoms with Crippen molar-refractivity contribution in [3.8, 4) is 11.5 Å². The van der Waals surface area contributed by atoms with Crippen molar-refractivity contribution in [2.45, 2.75) is 89.3 Å². The highest BCUT2D eigenvalue weighted by molar-refractivity contribution is 6.01. The van der Waals surface area contributed by atoms with Gasteiger partial charge >= 0.3 is 0 Å². The average molecular weight is 649 g/mol. The van der Waals surface area contributed by atoms with Gasteiger partial charge in [0.15, 0.2) is 29.1 Å². The molecule has 7 rings (SSSR count). The van der Waals surface area contributed by atoms with Crippen LogP contribution in [0.1, 0.15) is 64.4 Å². The van der Waals surface area contributed by atoms with Crippen LogP contribution in [-0.2, 0) is 25.5 Å². The Morgan fingerprint density at radius 3 is 2.34 bits per heavy atom. The number of fused-ring (bicyclic) bond motifs is 7. The van der Waals surface area contributed by atoms with E-state index in [1.165, 1.54) is 24.6 Å². The van der Waals surface area contributed by atoms with E-state index in [1.807, 2.05) is 24.3 Å². The van der Waals surface area contributed by atoms with Crippen molar-refractivity contribution in [2.24, 2.45) is 28.6 Å². The summed E-state index contributed by atoms with van der Waals surface area (Å²) in [7, 11) is 0. The van der Waals surface area contributed by atoms with Crippen molar-refractivity contribution >= 4 is 11.6 Å². The normalized spacial score (nSPS) is 40.4. The number of alkyl halides is 2. The molecule has 0 aromatic heterocycles. The van der Waals surface area contributed by atoms with Crippen LogP contribution in [0.4, 0.5) is 8.78 Å². The number of ketones is 2. The van der Waals surface area contributed by atoms with Gasteiger partial charge in [0.25, 0.3) is 0 Å². The molecule has 2 N–H and O–H groups in total. The van der Waals surface area contributed by atoms with Crippen LogP contribution < -0.4 is 4.74 Å². The first-order valence-electron chi connectivity index (χ1n) is 16.6. The maximum Gasteiger partial charge on any atom is 0.193 e. The zero-order valence-electron chi connectivity index (χ0n) is 27.1. The maximum atomic E-state index is 17.6. The fraction of sp³-hybridized carbons (Fsp3) is 0.526. The highest BCUT2D eigenvalue weighted by Crippen LogP contribution is 2.72. The Balaban J connectivity index is 1.16. The minimum absolute atomic E-state index is 0.0360. The van der Waals surface area contributed by atoms with Gasteiger partial charge < -0.3 is 24.4 Å². The number of aliphatic hydroxyl groups excluding tert-OH is 2. The number of hydrogen-bond acceptors (Lipinski definition) is 7. The van der Waals surface area contributed by atoms with Crippen LogP contribution in [0.5, 0.6) is 11.5 Å². The first kappa shape index (κ1) is 32.3. The Morgan fingerprint density at radius 1 is 1.04 bits per heavy atom. The van der Waals surface area contributed by atoms with Crippen LogP contribution in [0.15, 0.2) is 72.3 Å². The number of ether oxygens (including phenoxy) is 3. The molecule has 4 fully saturated rings. The minimum Gasteiger partial charge on any atom is -0.457 e. The molecule has 0 spiro atoms. The lowest BCUT2D eigenvalue weighted by Crippen LogP contribution is -2.70. The lowest BCUT2D eigenvalue weighted by atomic mass is 9.44. The Morgan fingerprint density at radius 2 is 1.70 bits per heavy atom. The Labute approximate surface area is 273 Å². The topological polar surface area (TPSA) is 102 Å². The van der Waals surface area contributed by atoms with E-state index >= 15 is 8.78 Å². The summed E-state index contributed by atoms with van der Waals surface area (Å²) in [6.07, 6.45) is -0.516. The maximum absolute atomic E-state index is 17.6. The largest absolute Gasteiger partial charge is 0.457 e. The molecular formula is C38H42F2O7. The Kier molecular flexibility index (Phi) is 7.67. The Hall–Kier alpha value is -3.24. The number of halogens is 2. The van der Waals surface area contributed by atoms with E-state index in [1.54, 1.807) is 31.2 Å². The van der Waals surface area contributed by atoms with Gasteiger partial charge in [0, 0.05) is 22.3 Å². The van der Waals surface area contributed by atoms with Crippen molar-refractivity contribution in [2.75, 3.05) is 6.61 Å². The van der Waals surface area contributed by atoms with E-state index < -0.39 is 76.8 Å². The van der Waals surface area contributed by atoms with Gasteiger partial charge in [-0.1, -0.05) is 51.1 Å². The fourth-order valence-corrected chi connectivity index (χ4v) is 9.71. The molecule has 47 heavy (non-hydrogen) atoms.